The van der Waals surface area contributed by atoms with E-state index < -0.39 is 42.0 Å². The summed E-state index contributed by atoms with van der Waals surface area (Å²) in [5.74, 6) is -2.09. The van der Waals surface area contributed by atoms with Gasteiger partial charge in [-0.2, -0.15) is 5.26 Å². The predicted molar refractivity (Wildman–Crippen MR) is 108 cm³/mol. The summed E-state index contributed by atoms with van der Waals surface area (Å²) in [6.45, 7) is -1.03. The Hall–Kier alpha value is -4.18. The molecule has 0 aliphatic carbocycles. The summed E-state index contributed by atoms with van der Waals surface area (Å²) in [4.78, 5) is 36.3. The van der Waals surface area contributed by atoms with E-state index in [1.54, 1.807) is 0 Å². The van der Waals surface area contributed by atoms with Gasteiger partial charge in [0.25, 0.3) is 12.3 Å². The van der Waals surface area contributed by atoms with Gasteiger partial charge in [-0.05, 0) is 30.3 Å². The zero-order valence-electron chi connectivity index (χ0n) is 17.1. The molecule has 0 saturated heterocycles. The maximum Gasteiger partial charge on any atom is 0.527 e. The van der Waals surface area contributed by atoms with Gasteiger partial charge in [0.15, 0.2) is 5.54 Å². The lowest BCUT2D eigenvalue weighted by Gasteiger charge is -2.37. The summed E-state index contributed by atoms with van der Waals surface area (Å²) in [6.07, 6.45) is -3.25. The summed E-state index contributed by atoms with van der Waals surface area (Å²) < 4.78 is 47.7. The van der Waals surface area contributed by atoms with E-state index in [9.17, 15) is 22.8 Å². The quantitative estimate of drug-likeness (QED) is 0.644. The van der Waals surface area contributed by atoms with E-state index in [1.807, 2.05) is 6.07 Å². The van der Waals surface area contributed by atoms with Crippen LogP contribution in [0.2, 0.25) is 0 Å². The van der Waals surface area contributed by atoms with E-state index in [1.165, 1.54) is 18.3 Å². The molecule has 1 aromatic carbocycles. The second-order valence-corrected chi connectivity index (χ2v) is 6.86. The zero-order valence-corrected chi connectivity index (χ0v) is 17.1. The van der Waals surface area contributed by atoms with Gasteiger partial charge in [-0.15, -0.1) is 5.06 Å². The monoisotopic (exact) mass is 462 g/mol. The van der Waals surface area contributed by atoms with E-state index in [0.717, 1.165) is 30.4 Å². The van der Waals surface area contributed by atoms with Crippen molar-refractivity contribution in [1.82, 2.24) is 10.0 Å². The molecule has 1 amide bonds. The van der Waals surface area contributed by atoms with Crippen LogP contribution in [-0.2, 0) is 15.1 Å². The molecule has 1 aliphatic rings. The predicted octanol–water partition coefficient (Wildman–Crippen LogP) is 2.18. The average Bonchev–Trinajstić information content (AvgIpc) is 2.79. The highest BCUT2D eigenvalue weighted by atomic mass is 19.3. The number of hydrogen-bond acceptors (Lipinski definition) is 9. The number of pyridine rings is 1. The molecule has 33 heavy (non-hydrogen) atoms. The molecular formula is C20H17F3N6O4. The molecule has 0 radical (unpaired) electrons. The number of aliphatic imine (C=N–C) groups is 1. The number of anilines is 1. The Morgan fingerprint density at radius 1 is 1.33 bits per heavy atom. The number of alkyl halides is 2. The van der Waals surface area contributed by atoms with Gasteiger partial charge in [-0.3, -0.25) is 9.79 Å². The first-order valence-corrected chi connectivity index (χ1v) is 9.29. The fourth-order valence-corrected chi connectivity index (χ4v) is 3.14. The van der Waals surface area contributed by atoms with Gasteiger partial charge in [0.05, 0.1) is 25.8 Å². The topological polar surface area (TPSA) is 143 Å². The number of hydrogen-bond donors (Lipinski definition) is 2. The number of nitrogens with one attached hydrogen (secondary N) is 1. The third-order valence-electron chi connectivity index (χ3n) is 4.65. The second-order valence-electron chi connectivity index (χ2n) is 6.86. The van der Waals surface area contributed by atoms with Crippen LogP contribution in [0.4, 0.5) is 23.7 Å². The van der Waals surface area contributed by atoms with E-state index in [2.05, 4.69) is 20.0 Å². The van der Waals surface area contributed by atoms with Gasteiger partial charge in [0.1, 0.15) is 23.4 Å². The van der Waals surface area contributed by atoms with Crippen molar-refractivity contribution in [3.05, 3.63) is 59.2 Å². The number of hydroxylamine groups is 2. The first kappa shape index (κ1) is 23.5. The summed E-state index contributed by atoms with van der Waals surface area (Å²) >= 11 is 0. The van der Waals surface area contributed by atoms with Crippen LogP contribution in [0.3, 0.4) is 0 Å². The molecule has 172 valence electrons. The maximum absolute atomic E-state index is 14.7. The van der Waals surface area contributed by atoms with Crippen LogP contribution in [0.1, 0.15) is 21.6 Å². The van der Waals surface area contributed by atoms with Crippen molar-refractivity contribution in [2.45, 2.75) is 12.0 Å². The minimum absolute atomic E-state index is 0.0256. The fourth-order valence-electron chi connectivity index (χ4n) is 3.14. The Labute approximate surface area is 185 Å². The number of ether oxygens (including phenoxy) is 1. The molecule has 10 nitrogen and oxygen atoms in total. The number of carbonyl (C=O) groups excluding carboxylic acids is 2. The van der Waals surface area contributed by atoms with Crippen LogP contribution < -0.4 is 11.1 Å². The van der Waals surface area contributed by atoms with Crippen molar-refractivity contribution >= 4 is 23.6 Å². The Bertz CT molecular complexity index is 1140. The van der Waals surface area contributed by atoms with Crippen molar-refractivity contribution in [3.8, 4) is 6.07 Å². The largest absolute Gasteiger partial charge is 0.527 e. The molecule has 0 bridgehead atoms. The Morgan fingerprint density at radius 2 is 2.09 bits per heavy atom. The molecule has 0 saturated carbocycles. The van der Waals surface area contributed by atoms with Gasteiger partial charge in [-0.1, -0.05) is 0 Å². The standard InChI is InChI=1S/C20H17F3N6O4/c1-32-19(31)33-29-9-16(25)28-20(10-29,18(22)23)13-6-12(3-4-14(13)21)27-17(30)15-5-2-11(7-24)8-26-15/h2-6,8,18H,9-10H2,1H3,(H2,25,28)(H,27,30). The molecular weight excluding hydrogens is 445 g/mol. The van der Waals surface area contributed by atoms with Crippen LogP contribution in [-0.4, -0.2) is 54.6 Å². The lowest BCUT2D eigenvalue weighted by molar-refractivity contribution is -0.142. The Morgan fingerprint density at radius 3 is 2.70 bits per heavy atom. The van der Waals surface area contributed by atoms with Crippen LogP contribution in [0, 0.1) is 17.1 Å². The van der Waals surface area contributed by atoms with Crippen molar-refractivity contribution < 1.29 is 32.3 Å². The van der Waals surface area contributed by atoms with Gasteiger partial charge in [-0.25, -0.2) is 22.9 Å². The number of nitrogens with two attached hydrogens (primary N) is 1. The van der Waals surface area contributed by atoms with E-state index in [4.69, 9.17) is 15.8 Å². The van der Waals surface area contributed by atoms with Crippen LogP contribution in [0.25, 0.3) is 0 Å². The number of amidine groups is 1. The molecule has 1 aromatic heterocycles. The summed E-state index contributed by atoms with van der Waals surface area (Å²) in [5.41, 5.74) is 2.72. The summed E-state index contributed by atoms with van der Waals surface area (Å²) in [7, 11) is 1.03. The number of nitrogens with zero attached hydrogens (tertiary/aromatic N) is 4. The lowest BCUT2D eigenvalue weighted by Crippen LogP contribution is -2.53. The molecule has 13 heteroatoms. The normalized spacial score (nSPS) is 18.2. The number of carbonyl (C=O) groups is 2. The van der Waals surface area contributed by atoms with E-state index >= 15 is 0 Å². The number of amides is 1. The molecule has 2 heterocycles. The third kappa shape index (κ3) is 5.01. The second kappa shape index (κ2) is 9.53. The van der Waals surface area contributed by atoms with Crippen molar-refractivity contribution in [2.24, 2.45) is 10.7 Å². The minimum atomic E-state index is -3.26. The van der Waals surface area contributed by atoms with Crippen molar-refractivity contribution in [3.63, 3.8) is 0 Å². The molecule has 3 N–H and O–H groups in total. The maximum atomic E-state index is 14.7. The van der Waals surface area contributed by atoms with Crippen LogP contribution in [0.5, 0.6) is 0 Å². The zero-order chi connectivity index (χ0) is 24.2. The lowest BCUT2D eigenvalue weighted by atomic mass is 9.88. The van der Waals surface area contributed by atoms with Crippen LogP contribution >= 0.6 is 0 Å². The Kier molecular flexibility index (Phi) is 6.78. The first-order valence-electron chi connectivity index (χ1n) is 9.29. The van der Waals surface area contributed by atoms with Gasteiger partial charge >= 0.3 is 6.16 Å². The highest BCUT2D eigenvalue weighted by molar-refractivity contribution is 6.02. The third-order valence-corrected chi connectivity index (χ3v) is 4.65. The average molecular weight is 462 g/mol. The van der Waals surface area contributed by atoms with E-state index in [0.29, 0.717) is 0 Å². The Balaban J connectivity index is 1.95. The number of rotatable bonds is 5. The molecule has 3 rings (SSSR count). The highest BCUT2D eigenvalue weighted by Crippen LogP contribution is 2.38. The smallest absolute Gasteiger partial charge is 0.436 e. The number of halogens is 3. The van der Waals surface area contributed by atoms with Gasteiger partial charge in [0, 0.05) is 17.4 Å². The van der Waals surface area contributed by atoms with Crippen molar-refractivity contribution in [2.75, 3.05) is 25.5 Å². The molecule has 1 unspecified atom stereocenters. The fraction of sp³-hybridized carbons (Fsp3) is 0.250. The molecule has 1 atom stereocenters. The summed E-state index contributed by atoms with van der Waals surface area (Å²) in [6, 6.07) is 7.56. The van der Waals surface area contributed by atoms with Crippen molar-refractivity contribution in [1.29, 1.82) is 5.26 Å². The number of methoxy groups -OCH3 is 1. The van der Waals surface area contributed by atoms with Gasteiger partial charge < -0.3 is 20.6 Å². The molecule has 1 aliphatic heterocycles. The number of nitriles is 1. The molecule has 0 spiro atoms. The number of aromatic nitrogens is 1. The SMILES string of the molecule is COC(=O)ON1CC(N)=NC(c2cc(NC(=O)c3ccc(C#N)cn3)ccc2F)(C(F)F)C1. The van der Waals surface area contributed by atoms with E-state index in [-0.39, 0.29) is 29.3 Å². The minimum Gasteiger partial charge on any atom is -0.436 e. The molecule has 2 aromatic rings. The van der Waals surface area contributed by atoms with Gasteiger partial charge in [0.2, 0.25) is 0 Å². The highest BCUT2D eigenvalue weighted by Gasteiger charge is 2.49. The number of benzene rings is 1. The summed E-state index contributed by atoms with van der Waals surface area (Å²) in [5, 5.41) is 12.0. The molecule has 0 fully saturated rings. The first-order chi connectivity index (χ1) is 15.7. The van der Waals surface area contributed by atoms with Crippen LogP contribution in [0.15, 0.2) is 41.5 Å².